The Hall–Kier alpha value is -2.69. The molecule has 0 aromatic heterocycles. The molecule has 2 heterocycles. The molecule has 0 N–H and O–H groups in total. The molecule has 2 fully saturated rings. The van der Waals surface area contributed by atoms with Crippen molar-refractivity contribution in [2.75, 3.05) is 62.3 Å². The first-order chi connectivity index (χ1) is 14.9. The number of anilines is 2. The van der Waals surface area contributed by atoms with Crippen molar-refractivity contribution < 1.29 is 18.1 Å². The summed E-state index contributed by atoms with van der Waals surface area (Å²) in [5.74, 6) is 0. The fraction of sp³-hybridized carbons (Fsp3) is 0.429. The third-order valence-electron chi connectivity index (χ3n) is 5.74. The van der Waals surface area contributed by atoms with Crippen LogP contribution in [0.2, 0.25) is 0 Å². The van der Waals surface area contributed by atoms with Gasteiger partial charge in [0, 0.05) is 51.0 Å². The van der Waals surface area contributed by atoms with Gasteiger partial charge < -0.3 is 14.5 Å². The van der Waals surface area contributed by atoms with E-state index >= 15 is 0 Å². The van der Waals surface area contributed by atoms with E-state index in [1.54, 1.807) is 6.07 Å². The average Bonchev–Trinajstić information content (AvgIpc) is 2.79. The van der Waals surface area contributed by atoms with Gasteiger partial charge in [-0.3, -0.25) is 10.1 Å². The minimum absolute atomic E-state index is 0.0525. The molecule has 31 heavy (non-hydrogen) atoms. The molecule has 4 rings (SSSR count). The zero-order chi connectivity index (χ0) is 22.0. The Morgan fingerprint density at radius 2 is 1.61 bits per heavy atom. The van der Waals surface area contributed by atoms with Crippen LogP contribution in [0.3, 0.4) is 0 Å². The Labute approximate surface area is 182 Å². The average molecular weight is 447 g/mol. The lowest BCUT2D eigenvalue weighted by Gasteiger charge is -2.37. The molecular formula is C21H26N4O5S. The van der Waals surface area contributed by atoms with E-state index < -0.39 is 14.9 Å². The van der Waals surface area contributed by atoms with E-state index in [2.05, 4.69) is 30.0 Å². The Balaban J connectivity index is 1.54. The van der Waals surface area contributed by atoms with Gasteiger partial charge in [-0.1, -0.05) is 12.1 Å². The molecule has 10 heteroatoms. The Morgan fingerprint density at radius 1 is 0.935 bits per heavy atom. The quantitative estimate of drug-likeness (QED) is 0.513. The van der Waals surface area contributed by atoms with Crippen LogP contribution >= 0.6 is 0 Å². The summed E-state index contributed by atoms with van der Waals surface area (Å²) in [6, 6.07) is 12.5. The van der Waals surface area contributed by atoms with Crippen molar-refractivity contribution in [3.63, 3.8) is 0 Å². The zero-order valence-electron chi connectivity index (χ0n) is 17.4. The highest BCUT2D eigenvalue weighted by Crippen LogP contribution is 2.33. The third kappa shape index (κ3) is 4.51. The lowest BCUT2D eigenvalue weighted by molar-refractivity contribution is -0.384. The van der Waals surface area contributed by atoms with Crippen LogP contribution in [0.4, 0.5) is 17.1 Å². The molecule has 2 aliphatic rings. The van der Waals surface area contributed by atoms with E-state index in [1.807, 2.05) is 11.0 Å². The Bertz CT molecular complexity index is 1060. The van der Waals surface area contributed by atoms with Crippen LogP contribution in [0.1, 0.15) is 5.56 Å². The van der Waals surface area contributed by atoms with E-state index in [0.29, 0.717) is 32.0 Å². The van der Waals surface area contributed by atoms with Gasteiger partial charge in [-0.25, -0.2) is 8.42 Å². The second kappa shape index (κ2) is 8.81. The topological polar surface area (TPSA) is 96.2 Å². The number of hydrogen-bond acceptors (Lipinski definition) is 7. The Kier molecular flexibility index (Phi) is 6.12. The van der Waals surface area contributed by atoms with Crippen LogP contribution in [-0.4, -0.2) is 70.1 Å². The minimum atomic E-state index is -3.79. The van der Waals surface area contributed by atoms with Gasteiger partial charge in [0.25, 0.3) is 5.69 Å². The molecule has 2 aromatic carbocycles. The van der Waals surface area contributed by atoms with E-state index in [1.165, 1.54) is 22.0 Å². The van der Waals surface area contributed by atoms with E-state index in [-0.39, 0.29) is 23.7 Å². The maximum Gasteiger partial charge on any atom is 0.293 e. The molecule has 0 atom stereocenters. The summed E-state index contributed by atoms with van der Waals surface area (Å²) in [4.78, 5) is 15.4. The van der Waals surface area contributed by atoms with Gasteiger partial charge in [0.15, 0.2) is 0 Å². The van der Waals surface area contributed by atoms with Crippen LogP contribution in [0.5, 0.6) is 0 Å². The molecule has 9 nitrogen and oxygen atoms in total. The number of ether oxygens (including phenoxy) is 1. The zero-order valence-corrected chi connectivity index (χ0v) is 18.3. The second-order valence-corrected chi connectivity index (χ2v) is 9.68. The highest BCUT2D eigenvalue weighted by Gasteiger charge is 2.30. The van der Waals surface area contributed by atoms with Gasteiger partial charge in [0.05, 0.1) is 23.0 Å². The summed E-state index contributed by atoms with van der Waals surface area (Å²) in [6.07, 6.45) is 0. The van der Waals surface area contributed by atoms with Gasteiger partial charge in [-0.15, -0.1) is 0 Å². The first kappa shape index (κ1) is 21.5. The number of nitro benzene ring substituents is 1. The fourth-order valence-corrected chi connectivity index (χ4v) is 5.47. The number of rotatable bonds is 5. The van der Waals surface area contributed by atoms with Gasteiger partial charge in [-0.05, 0) is 36.8 Å². The van der Waals surface area contributed by atoms with E-state index in [4.69, 9.17) is 4.74 Å². The molecule has 2 aliphatic heterocycles. The summed E-state index contributed by atoms with van der Waals surface area (Å²) in [5.41, 5.74) is 2.60. The first-order valence-electron chi connectivity index (χ1n) is 10.3. The van der Waals surface area contributed by atoms with Crippen molar-refractivity contribution >= 4 is 27.1 Å². The molecule has 2 aromatic rings. The SMILES string of the molecule is Cc1cccc(N2CCN(c3ccc(S(=O)(=O)N4CCOCC4)cc3[N+](=O)[O-])CC2)c1. The van der Waals surface area contributed by atoms with Crippen molar-refractivity contribution in [1.82, 2.24) is 4.31 Å². The number of sulfonamides is 1. The van der Waals surface area contributed by atoms with Crippen LogP contribution in [0, 0.1) is 17.0 Å². The predicted molar refractivity (Wildman–Crippen MR) is 118 cm³/mol. The minimum Gasteiger partial charge on any atom is -0.379 e. The number of piperazine rings is 1. The Morgan fingerprint density at radius 3 is 2.26 bits per heavy atom. The summed E-state index contributed by atoms with van der Waals surface area (Å²) in [6.45, 7) is 5.89. The molecule has 0 saturated carbocycles. The predicted octanol–water partition coefficient (Wildman–Crippen LogP) is 2.25. The molecule has 0 radical (unpaired) electrons. The van der Waals surface area contributed by atoms with Crippen molar-refractivity contribution in [2.45, 2.75) is 11.8 Å². The van der Waals surface area contributed by atoms with Crippen molar-refractivity contribution in [3.8, 4) is 0 Å². The summed E-state index contributed by atoms with van der Waals surface area (Å²) in [5, 5.41) is 11.8. The summed E-state index contributed by atoms with van der Waals surface area (Å²) >= 11 is 0. The molecule has 0 aliphatic carbocycles. The third-order valence-corrected chi connectivity index (χ3v) is 7.63. The van der Waals surface area contributed by atoms with Crippen LogP contribution in [-0.2, 0) is 14.8 Å². The molecule has 0 spiro atoms. The number of hydrogen-bond donors (Lipinski definition) is 0. The number of nitro groups is 1. The molecule has 0 amide bonds. The van der Waals surface area contributed by atoms with E-state index in [9.17, 15) is 18.5 Å². The molecule has 166 valence electrons. The van der Waals surface area contributed by atoms with Gasteiger partial charge >= 0.3 is 0 Å². The second-order valence-electron chi connectivity index (χ2n) is 7.74. The van der Waals surface area contributed by atoms with E-state index in [0.717, 1.165) is 18.8 Å². The van der Waals surface area contributed by atoms with Crippen molar-refractivity contribution in [1.29, 1.82) is 0 Å². The van der Waals surface area contributed by atoms with Crippen molar-refractivity contribution in [3.05, 3.63) is 58.1 Å². The highest BCUT2D eigenvalue weighted by atomic mass is 32.2. The number of aryl methyl sites for hydroxylation is 1. The molecular weight excluding hydrogens is 420 g/mol. The van der Waals surface area contributed by atoms with Gasteiger partial charge in [0.2, 0.25) is 10.0 Å². The lowest BCUT2D eigenvalue weighted by atomic mass is 10.1. The standard InChI is InChI=1S/C21H26N4O5S/c1-17-3-2-4-18(15-17)22-7-9-23(10-8-22)20-6-5-19(16-21(20)25(26)27)31(28,29)24-11-13-30-14-12-24/h2-6,15-16H,7-14H2,1H3. The smallest absolute Gasteiger partial charge is 0.293 e. The number of morpholine rings is 1. The normalized spacial score (nSPS) is 18.2. The number of nitrogens with zero attached hydrogens (tertiary/aromatic N) is 4. The van der Waals surface area contributed by atoms with Crippen LogP contribution in [0.15, 0.2) is 47.4 Å². The monoisotopic (exact) mass is 446 g/mol. The molecule has 0 unspecified atom stereocenters. The summed E-state index contributed by atoms with van der Waals surface area (Å²) < 4.78 is 32.3. The number of benzene rings is 2. The molecule has 2 saturated heterocycles. The van der Waals surface area contributed by atoms with Gasteiger partial charge in [-0.2, -0.15) is 4.31 Å². The first-order valence-corrected chi connectivity index (χ1v) is 11.7. The van der Waals surface area contributed by atoms with Gasteiger partial charge in [0.1, 0.15) is 5.69 Å². The van der Waals surface area contributed by atoms with Crippen LogP contribution < -0.4 is 9.80 Å². The lowest BCUT2D eigenvalue weighted by Crippen LogP contribution is -2.46. The highest BCUT2D eigenvalue weighted by molar-refractivity contribution is 7.89. The van der Waals surface area contributed by atoms with Crippen LogP contribution in [0.25, 0.3) is 0 Å². The van der Waals surface area contributed by atoms with Crippen molar-refractivity contribution in [2.24, 2.45) is 0 Å². The molecule has 0 bridgehead atoms. The largest absolute Gasteiger partial charge is 0.379 e. The maximum absolute atomic E-state index is 12.9. The summed E-state index contributed by atoms with van der Waals surface area (Å²) in [7, 11) is -3.79. The fourth-order valence-electron chi connectivity index (χ4n) is 4.04. The maximum atomic E-state index is 12.9.